The fraction of sp³-hybridized carbons (Fsp3) is 0.917. The summed E-state index contributed by atoms with van der Waals surface area (Å²) in [5, 5.41) is 15.1. The number of amides is 1. The molecule has 0 spiro atoms. The molecule has 0 aromatic carbocycles. The molecule has 0 bridgehead atoms. The first-order chi connectivity index (χ1) is 7.90. The Kier molecular flexibility index (Phi) is 5.21. The van der Waals surface area contributed by atoms with Crippen LogP contribution in [-0.4, -0.2) is 42.0 Å². The number of ether oxygens (including phenoxy) is 1. The molecule has 2 unspecified atom stereocenters. The third-order valence-electron chi connectivity index (χ3n) is 2.69. The Hall–Kier alpha value is -0.810. The second-order valence-corrected chi connectivity index (χ2v) is 5.56. The van der Waals surface area contributed by atoms with E-state index >= 15 is 0 Å². The minimum Gasteiger partial charge on any atom is -0.444 e. The standard InChI is InChI=1S/C12H24N2O3/c1-12(2,3)17-11(16)13-7-9-5-4-6-10(8-15)14-9/h9-10,14-15H,4-8H2,1-3H3,(H,13,16). The van der Waals surface area contributed by atoms with Crippen LogP contribution in [-0.2, 0) is 4.74 Å². The van der Waals surface area contributed by atoms with E-state index in [1.165, 1.54) is 0 Å². The van der Waals surface area contributed by atoms with Gasteiger partial charge in [0.25, 0.3) is 0 Å². The summed E-state index contributed by atoms with van der Waals surface area (Å²) in [7, 11) is 0. The molecule has 1 heterocycles. The number of aliphatic hydroxyl groups is 1. The second-order valence-electron chi connectivity index (χ2n) is 5.56. The van der Waals surface area contributed by atoms with Crippen molar-refractivity contribution in [2.45, 2.75) is 57.7 Å². The number of nitrogens with one attached hydrogen (secondary N) is 2. The van der Waals surface area contributed by atoms with Crippen molar-refractivity contribution in [3.8, 4) is 0 Å². The Morgan fingerprint density at radius 3 is 2.65 bits per heavy atom. The van der Waals surface area contributed by atoms with E-state index in [1.807, 2.05) is 20.8 Å². The zero-order valence-electron chi connectivity index (χ0n) is 11.0. The minimum absolute atomic E-state index is 0.156. The van der Waals surface area contributed by atoms with Gasteiger partial charge in [0.1, 0.15) is 5.60 Å². The predicted molar refractivity (Wildman–Crippen MR) is 65.9 cm³/mol. The number of carbonyl (C=O) groups excluding carboxylic acids is 1. The van der Waals surface area contributed by atoms with E-state index in [0.29, 0.717) is 6.54 Å². The van der Waals surface area contributed by atoms with Crippen molar-refractivity contribution in [2.24, 2.45) is 0 Å². The smallest absolute Gasteiger partial charge is 0.407 e. The van der Waals surface area contributed by atoms with Gasteiger partial charge in [-0.05, 0) is 33.6 Å². The molecule has 1 amide bonds. The molecular weight excluding hydrogens is 220 g/mol. The van der Waals surface area contributed by atoms with E-state index in [9.17, 15) is 4.79 Å². The molecule has 100 valence electrons. The fourth-order valence-electron chi connectivity index (χ4n) is 1.94. The van der Waals surface area contributed by atoms with Crippen molar-refractivity contribution in [3.05, 3.63) is 0 Å². The van der Waals surface area contributed by atoms with E-state index < -0.39 is 5.60 Å². The zero-order valence-corrected chi connectivity index (χ0v) is 11.0. The van der Waals surface area contributed by atoms with Crippen LogP contribution in [0.4, 0.5) is 4.79 Å². The molecule has 1 aliphatic heterocycles. The third kappa shape index (κ3) is 5.89. The summed E-state index contributed by atoms with van der Waals surface area (Å²) < 4.78 is 5.15. The Morgan fingerprint density at radius 2 is 2.06 bits per heavy atom. The number of carbonyl (C=O) groups is 1. The topological polar surface area (TPSA) is 70.6 Å². The van der Waals surface area contributed by atoms with Gasteiger partial charge >= 0.3 is 6.09 Å². The lowest BCUT2D eigenvalue weighted by atomic mass is 9.99. The number of hydrogen-bond acceptors (Lipinski definition) is 4. The second kappa shape index (κ2) is 6.21. The largest absolute Gasteiger partial charge is 0.444 e. The highest BCUT2D eigenvalue weighted by Crippen LogP contribution is 2.12. The van der Waals surface area contributed by atoms with Crippen LogP contribution in [0, 0.1) is 0 Å². The van der Waals surface area contributed by atoms with Gasteiger partial charge < -0.3 is 20.5 Å². The maximum absolute atomic E-state index is 11.4. The van der Waals surface area contributed by atoms with Crippen LogP contribution in [0.2, 0.25) is 0 Å². The van der Waals surface area contributed by atoms with Gasteiger partial charge in [0.15, 0.2) is 0 Å². The molecule has 0 saturated carbocycles. The first-order valence-corrected chi connectivity index (χ1v) is 6.24. The Labute approximate surface area is 103 Å². The zero-order chi connectivity index (χ0) is 12.9. The highest BCUT2D eigenvalue weighted by molar-refractivity contribution is 5.67. The fourth-order valence-corrected chi connectivity index (χ4v) is 1.94. The number of hydrogen-bond donors (Lipinski definition) is 3. The van der Waals surface area contributed by atoms with Crippen molar-refractivity contribution in [1.82, 2.24) is 10.6 Å². The van der Waals surface area contributed by atoms with Crippen molar-refractivity contribution in [3.63, 3.8) is 0 Å². The average molecular weight is 244 g/mol. The summed E-state index contributed by atoms with van der Waals surface area (Å²) >= 11 is 0. The van der Waals surface area contributed by atoms with E-state index in [2.05, 4.69) is 10.6 Å². The van der Waals surface area contributed by atoms with E-state index in [-0.39, 0.29) is 24.8 Å². The van der Waals surface area contributed by atoms with Gasteiger partial charge in [0.05, 0.1) is 6.61 Å². The average Bonchev–Trinajstić information content (AvgIpc) is 2.24. The van der Waals surface area contributed by atoms with Crippen LogP contribution in [0.5, 0.6) is 0 Å². The molecule has 1 fully saturated rings. The van der Waals surface area contributed by atoms with E-state index in [0.717, 1.165) is 19.3 Å². The maximum atomic E-state index is 11.4. The highest BCUT2D eigenvalue weighted by atomic mass is 16.6. The molecule has 5 nitrogen and oxygen atoms in total. The van der Waals surface area contributed by atoms with Gasteiger partial charge in [-0.3, -0.25) is 0 Å². The monoisotopic (exact) mass is 244 g/mol. The molecule has 1 saturated heterocycles. The van der Waals surface area contributed by atoms with Crippen LogP contribution < -0.4 is 10.6 Å². The van der Waals surface area contributed by atoms with Crippen LogP contribution in [0.3, 0.4) is 0 Å². The number of piperidine rings is 1. The predicted octanol–water partition coefficient (Wildman–Crippen LogP) is 1.01. The summed E-state index contributed by atoms with van der Waals surface area (Å²) in [6.45, 7) is 6.22. The van der Waals surface area contributed by atoms with E-state index in [1.54, 1.807) is 0 Å². The molecule has 3 N–H and O–H groups in total. The van der Waals surface area contributed by atoms with Crippen molar-refractivity contribution >= 4 is 6.09 Å². The van der Waals surface area contributed by atoms with E-state index in [4.69, 9.17) is 9.84 Å². The van der Waals surface area contributed by atoms with Gasteiger partial charge in [-0.2, -0.15) is 0 Å². The Balaban J connectivity index is 2.23. The molecule has 17 heavy (non-hydrogen) atoms. The minimum atomic E-state index is -0.461. The number of rotatable bonds is 3. The van der Waals surface area contributed by atoms with Crippen molar-refractivity contribution in [2.75, 3.05) is 13.2 Å². The molecule has 0 aliphatic carbocycles. The van der Waals surface area contributed by atoms with Crippen LogP contribution in [0.15, 0.2) is 0 Å². The molecular formula is C12H24N2O3. The van der Waals surface area contributed by atoms with Crippen LogP contribution in [0.25, 0.3) is 0 Å². The first-order valence-electron chi connectivity index (χ1n) is 6.24. The summed E-state index contributed by atoms with van der Waals surface area (Å²) in [6, 6.07) is 0.391. The summed E-state index contributed by atoms with van der Waals surface area (Å²) in [5.41, 5.74) is -0.461. The normalized spacial score (nSPS) is 25.4. The number of alkyl carbamates (subject to hydrolysis) is 1. The molecule has 5 heteroatoms. The third-order valence-corrected chi connectivity index (χ3v) is 2.69. The van der Waals surface area contributed by atoms with Gasteiger partial charge in [-0.25, -0.2) is 4.79 Å². The molecule has 0 radical (unpaired) electrons. The van der Waals surface area contributed by atoms with Gasteiger partial charge in [0, 0.05) is 18.6 Å². The molecule has 0 aromatic rings. The lowest BCUT2D eigenvalue weighted by Gasteiger charge is -2.30. The highest BCUT2D eigenvalue weighted by Gasteiger charge is 2.22. The quantitative estimate of drug-likeness (QED) is 0.693. The van der Waals surface area contributed by atoms with Gasteiger partial charge in [0.2, 0.25) is 0 Å². The lowest BCUT2D eigenvalue weighted by Crippen LogP contribution is -2.50. The molecule has 1 aliphatic rings. The Morgan fingerprint density at radius 1 is 1.41 bits per heavy atom. The van der Waals surface area contributed by atoms with Gasteiger partial charge in [-0.15, -0.1) is 0 Å². The van der Waals surface area contributed by atoms with Crippen molar-refractivity contribution in [1.29, 1.82) is 0 Å². The van der Waals surface area contributed by atoms with Crippen LogP contribution in [0.1, 0.15) is 40.0 Å². The lowest BCUT2D eigenvalue weighted by molar-refractivity contribution is 0.0517. The first kappa shape index (κ1) is 14.3. The molecule has 1 rings (SSSR count). The molecule has 2 atom stereocenters. The van der Waals surface area contributed by atoms with Gasteiger partial charge in [-0.1, -0.05) is 6.42 Å². The summed E-state index contributed by atoms with van der Waals surface area (Å²) in [4.78, 5) is 11.4. The molecule has 0 aromatic heterocycles. The SMILES string of the molecule is CC(C)(C)OC(=O)NCC1CCCC(CO)N1. The maximum Gasteiger partial charge on any atom is 0.407 e. The Bertz CT molecular complexity index is 251. The summed E-state index contributed by atoms with van der Waals surface area (Å²) in [6.07, 6.45) is 2.72. The number of aliphatic hydroxyl groups excluding tert-OH is 1. The van der Waals surface area contributed by atoms with Crippen LogP contribution >= 0.6 is 0 Å². The van der Waals surface area contributed by atoms with Crippen molar-refractivity contribution < 1.29 is 14.6 Å². The summed E-state index contributed by atoms with van der Waals surface area (Å²) in [5.74, 6) is 0.